The molecule has 10 atom stereocenters. The van der Waals surface area contributed by atoms with Crippen LogP contribution in [0.4, 0.5) is 5.82 Å². The van der Waals surface area contributed by atoms with Crippen LogP contribution in [0.1, 0.15) is 161 Å². The van der Waals surface area contributed by atoms with E-state index in [4.69, 9.17) is 29.0 Å². The molecular weight excluding hydrogens is 977 g/mol. The smallest absolute Gasteiger partial charge is 0.462 e. The molecule has 0 spiro atoms. The van der Waals surface area contributed by atoms with Crippen LogP contribution in [0, 0.1) is 11.8 Å². The number of anilines is 1. The molecule has 2 aliphatic rings. The number of unbranched alkanes of at least 4 members (excludes halogenated alkanes) is 13. The van der Waals surface area contributed by atoms with E-state index in [0.717, 1.165) is 62.0 Å². The molecule has 0 radical (unpaired) electrons. The van der Waals surface area contributed by atoms with Gasteiger partial charge in [-0.3, -0.25) is 28.0 Å². The highest BCUT2D eigenvalue weighted by Gasteiger charge is 2.42. The van der Waals surface area contributed by atoms with Crippen LogP contribution in [0.3, 0.4) is 0 Å². The van der Waals surface area contributed by atoms with E-state index in [1.807, 2.05) is 6.92 Å². The Bertz CT molecular complexity index is 2050. The number of phosphoric acid groups is 2. The third kappa shape index (κ3) is 25.5. The summed E-state index contributed by atoms with van der Waals surface area (Å²) in [5.74, 6) is -4.67. The molecule has 72 heavy (non-hydrogen) atoms. The largest absolute Gasteiger partial charge is 0.481 e. The van der Waals surface area contributed by atoms with Crippen molar-refractivity contribution in [3.63, 3.8) is 0 Å². The minimum Gasteiger partial charge on any atom is -0.462 e. The van der Waals surface area contributed by atoms with Crippen LogP contribution in [0.2, 0.25) is 0 Å². The fraction of sp³-hybridized carbons (Fsp3) is 0.700. The second-order valence-electron chi connectivity index (χ2n) is 18.3. The number of hydrogen-bond acceptors (Lipinski definition) is 17. The number of carbonyl (C=O) groups is 3. The van der Waals surface area contributed by atoms with Crippen LogP contribution in [-0.2, 0) is 51.1 Å². The van der Waals surface area contributed by atoms with E-state index in [2.05, 4.69) is 28.4 Å². The molecule has 0 saturated carbocycles. The minimum atomic E-state index is -5.67. The summed E-state index contributed by atoms with van der Waals surface area (Å²) in [6.07, 6.45) is 21.8. The molecule has 20 nitrogen and oxygen atoms in total. The van der Waals surface area contributed by atoms with Crippen molar-refractivity contribution in [2.24, 2.45) is 11.8 Å². The van der Waals surface area contributed by atoms with Crippen LogP contribution in [0.5, 0.6) is 0 Å². The fourth-order valence-corrected chi connectivity index (χ4v) is 10.1. The number of phosphoric ester groups is 2. The van der Waals surface area contributed by atoms with Crippen molar-refractivity contribution in [3.8, 4) is 0 Å². The normalized spacial score (nSPS) is 28.0. The van der Waals surface area contributed by atoms with Gasteiger partial charge < -0.3 is 45.1 Å². The van der Waals surface area contributed by atoms with E-state index in [1.165, 1.54) is 69.0 Å². The van der Waals surface area contributed by atoms with Gasteiger partial charge >= 0.3 is 33.3 Å². The van der Waals surface area contributed by atoms with Gasteiger partial charge in [0, 0.05) is 25.0 Å². The van der Waals surface area contributed by atoms with Gasteiger partial charge in [0.15, 0.2) is 11.9 Å². The summed E-state index contributed by atoms with van der Waals surface area (Å²) >= 11 is 0. The van der Waals surface area contributed by atoms with Crippen LogP contribution in [-0.4, -0.2) is 103 Å². The highest BCUT2D eigenvalue weighted by atomic mass is 31.3. The first-order chi connectivity index (χ1) is 34.4. The number of aliphatic hydroxyl groups excluding tert-OH is 3. The SMILES string of the molecule is CCCCCCCC/C=C\CCCCCCCC(=O)OC[C@@H]1COP(=O)(O)OP(=O)(O)OC[C@H]2O[C@@H](n3ccc(N)nc3=O)[C@H](C=CC(=O)[C@H](C=C[C@@H](O)CCCCC)[C@H](O)[C@@H]2O)CC=CCCCC(=O)O1. The molecule has 0 aromatic carbocycles. The number of aromatic nitrogens is 2. The van der Waals surface area contributed by atoms with E-state index in [0.29, 0.717) is 25.7 Å². The number of ether oxygens (including phenoxy) is 3. The Balaban J connectivity index is 1.76. The number of carbonyl (C=O) groups excluding carboxylic acids is 3. The van der Waals surface area contributed by atoms with Crippen molar-refractivity contribution in [1.82, 2.24) is 9.55 Å². The molecule has 3 heterocycles. The predicted molar refractivity (Wildman–Crippen MR) is 270 cm³/mol. The molecule has 2 bridgehead atoms. The third-order valence-electron chi connectivity index (χ3n) is 12.1. The zero-order valence-electron chi connectivity index (χ0n) is 42.1. The lowest BCUT2D eigenvalue weighted by Gasteiger charge is -2.36. The Kier molecular flexibility index (Phi) is 30.2. The number of cyclic esters (lactones) is 1. The van der Waals surface area contributed by atoms with Crippen molar-refractivity contribution in [2.45, 2.75) is 192 Å². The Hall–Kier alpha value is -3.65. The number of allylic oxidation sites excluding steroid dienone is 5. The van der Waals surface area contributed by atoms with Gasteiger partial charge in [-0.25, -0.2) is 13.9 Å². The third-order valence-corrected chi connectivity index (χ3v) is 14.7. The maximum Gasteiger partial charge on any atom is 0.481 e. The molecule has 22 heteroatoms. The van der Waals surface area contributed by atoms with Gasteiger partial charge in [-0.2, -0.15) is 9.29 Å². The lowest BCUT2D eigenvalue weighted by molar-refractivity contribution is -0.167. The van der Waals surface area contributed by atoms with Gasteiger partial charge in [0.1, 0.15) is 30.9 Å². The lowest BCUT2D eigenvalue weighted by atomic mass is 9.88. The van der Waals surface area contributed by atoms with Crippen molar-refractivity contribution < 1.29 is 76.2 Å². The Labute approximate surface area is 424 Å². The number of ketones is 1. The second kappa shape index (κ2) is 34.8. The van der Waals surface area contributed by atoms with E-state index in [-0.39, 0.29) is 31.5 Å². The summed E-state index contributed by atoms with van der Waals surface area (Å²) in [5.41, 5.74) is 4.83. The highest BCUT2D eigenvalue weighted by Crippen LogP contribution is 2.60. The highest BCUT2D eigenvalue weighted by molar-refractivity contribution is 7.61. The summed E-state index contributed by atoms with van der Waals surface area (Å²) in [5, 5.41) is 33.8. The molecular formula is C50H81N3O17P2. The molecule has 408 valence electrons. The molecule has 0 aliphatic carbocycles. The van der Waals surface area contributed by atoms with Crippen molar-refractivity contribution in [3.05, 3.63) is 71.4 Å². The van der Waals surface area contributed by atoms with Crippen molar-refractivity contribution >= 4 is 39.2 Å². The molecule has 2 unspecified atom stereocenters. The van der Waals surface area contributed by atoms with Crippen molar-refractivity contribution in [1.29, 1.82) is 0 Å². The maximum absolute atomic E-state index is 13.8. The topological polar surface area (TPSA) is 303 Å². The molecule has 0 fully saturated rings. The summed E-state index contributed by atoms with van der Waals surface area (Å²) < 4.78 is 59.0. The van der Waals surface area contributed by atoms with Crippen LogP contribution in [0.25, 0.3) is 0 Å². The first kappa shape index (κ1) is 62.6. The second-order valence-corrected chi connectivity index (χ2v) is 21.4. The Morgan fingerprint density at radius 1 is 0.889 bits per heavy atom. The summed E-state index contributed by atoms with van der Waals surface area (Å²) in [4.78, 5) is 77.8. The lowest BCUT2D eigenvalue weighted by Crippen LogP contribution is -2.49. The molecule has 2 aliphatic heterocycles. The summed E-state index contributed by atoms with van der Waals surface area (Å²) in [6.45, 7) is 1.56. The zero-order chi connectivity index (χ0) is 52.8. The molecule has 1 aromatic rings. The summed E-state index contributed by atoms with van der Waals surface area (Å²) in [6, 6.07) is 1.28. The average Bonchev–Trinajstić information content (AvgIpc) is 3.32. The Morgan fingerprint density at radius 3 is 2.21 bits per heavy atom. The number of nitrogens with two attached hydrogens (primary N) is 1. The minimum absolute atomic E-state index is 0.0513. The van der Waals surface area contributed by atoms with Gasteiger partial charge in [0.2, 0.25) is 0 Å². The average molecular weight is 1060 g/mol. The quantitative estimate of drug-likeness (QED) is 0.0246. The number of nitrogen functional groups attached to an aromatic ring is 1. The Morgan fingerprint density at radius 2 is 1.53 bits per heavy atom. The molecule has 3 rings (SSSR count). The standard InChI is InChI=1S/C50H81N3O17P2/c1-3-5-7-8-9-10-11-12-13-14-15-16-17-18-23-27-45(56)65-35-40-36-66-71(61,62)70-72(63,64)67-37-43-48(59)47(58)41(31-30-39(54)26-21-6-4-2)42(55)32-29-38(25-22-19-20-24-28-46(57)68-40)49(69-43)53-34-33-44(51)52-50(53)60/h12-13,19,22,29-34,38-41,43,47-49,54,58-59H,3-11,14-18,20-21,23-28,35-37H2,1-2H3,(H,61,62)(H,63,64)(H2,51,52,60)/b13-12-,22-19?,31-30?,32-29?/t38-,39-,40+,41-,43+,47-,48+,49+/m0/s1. The number of aliphatic hydroxyl groups is 3. The number of rotatable bonds is 24. The number of esters is 2. The number of nitrogens with zero attached hydrogens (tertiary/aromatic N) is 2. The molecule has 7 N–H and O–H groups in total. The molecule has 0 saturated heterocycles. The molecule has 0 amide bonds. The summed E-state index contributed by atoms with van der Waals surface area (Å²) in [7, 11) is -11.2. The van der Waals surface area contributed by atoms with Crippen LogP contribution < -0.4 is 11.4 Å². The van der Waals surface area contributed by atoms with Crippen molar-refractivity contribution in [2.75, 3.05) is 25.6 Å². The first-order valence-electron chi connectivity index (χ1n) is 25.7. The van der Waals surface area contributed by atoms with E-state index in [9.17, 15) is 53.4 Å². The maximum atomic E-state index is 13.8. The van der Waals surface area contributed by atoms with E-state index >= 15 is 0 Å². The van der Waals surface area contributed by atoms with E-state index in [1.54, 1.807) is 12.2 Å². The van der Waals surface area contributed by atoms with Crippen LogP contribution >= 0.6 is 15.6 Å². The van der Waals surface area contributed by atoms with Gasteiger partial charge in [-0.15, -0.1) is 0 Å². The zero-order valence-corrected chi connectivity index (χ0v) is 43.9. The van der Waals surface area contributed by atoms with Gasteiger partial charge in [0.25, 0.3) is 0 Å². The molecule has 1 aromatic heterocycles. The number of fused-ring (bicyclic) bond motifs is 3. The van der Waals surface area contributed by atoms with Gasteiger partial charge in [-0.05, 0) is 69.9 Å². The predicted octanol–water partition coefficient (Wildman–Crippen LogP) is 8.17. The van der Waals surface area contributed by atoms with E-state index < -0.39 is 107 Å². The first-order valence-corrected chi connectivity index (χ1v) is 28.7. The fourth-order valence-electron chi connectivity index (χ4n) is 7.98. The monoisotopic (exact) mass is 1060 g/mol. The van der Waals surface area contributed by atoms with Gasteiger partial charge in [-0.1, -0.05) is 127 Å². The van der Waals surface area contributed by atoms with Gasteiger partial charge in [0.05, 0.1) is 31.3 Å². The van der Waals surface area contributed by atoms with Crippen LogP contribution in [0.15, 0.2) is 65.7 Å². The number of hydrogen-bond donors (Lipinski definition) is 6.